The van der Waals surface area contributed by atoms with Crippen LogP contribution in [0.4, 0.5) is 18.9 Å². The Balaban J connectivity index is 1.58. The Morgan fingerprint density at radius 1 is 1.21 bits per heavy atom. The van der Waals surface area contributed by atoms with Crippen LogP contribution in [0.2, 0.25) is 0 Å². The van der Waals surface area contributed by atoms with E-state index in [1.807, 2.05) is 12.1 Å². The van der Waals surface area contributed by atoms with Crippen LogP contribution in [0.5, 0.6) is 0 Å². The van der Waals surface area contributed by atoms with Crippen molar-refractivity contribution in [2.45, 2.75) is 43.4 Å². The number of hydrogen-bond acceptors (Lipinski definition) is 4. The number of hydrogen-bond donors (Lipinski definition) is 1. The first kappa shape index (κ1) is 19.7. The van der Waals surface area contributed by atoms with Gasteiger partial charge in [0, 0.05) is 50.0 Å². The molecule has 0 saturated carbocycles. The van der Waals surface area contributed by atoms with Gasteiger partial charge in [0.2, 0.25) is 5.91 Å². The van der Waals surface area contributed by atoms with Gasteiger partial charge in [-0.1, -0.05) is 18.2 Å². The summed E-state index contributed by atoms with van der Waals surface area (Å²) in [6.07, 6.45) is -4.10. The number of ether oxygens (including phenoxy) is 1. The zero-order valence-electron chi connectivity index (χ0n) is 15.6. The third-order valence-electron chi connectivity index (χ3n) is 6.29. The lowest BCUT2D eigenvalue weighted by Crippen LogP contribution is -2.70. The second-order valence-corrected chi connectivity index (χ2v) is 7.95. The van der Waals surface area contributed by atoms with Crippen molar-refractivity contribution in [2.75, 3.05) is 37.8 Å². The molecule has 154 valence electrons. The van der Waals surface area contributed by atoms with E-state index in [4.69, 9.17) is 4.74 Å². The van der Waals surface area contributed by atoms with Gasteiger partial charge in [0.25, 0.3) is 0 Å². The highest BCUT2D eigenvalue weighted by Crippen LogP contribution is 2.49. The molecule has 5 nitrogen and oxygen atoms in total. The highest BCUT2D eigenvalue weighted by Gasteiger charge is 2.53. The molecule has 3 atom stereocenters. The average molecular weight is 398 g/mol. The standard InChI is InChI=1S/C20H25F3N2O3/c21-20(22,23)9-18(27)25-11-16-19(14-3-1-2-4-15(14)25)17(12-26)24(16)10-13-5-7-28-8-6-13/h1-4,13,16-17,19,26H,5-12H2/t16-,17+,19+/m1/s1. The quantitative estimate of drug-likeness (QED) is 0.847. The number of carbonyl (C=O) groups is 1. The molecule has 0 radical (unpaired) electrons. The monoisotopic (exact) mass is 398 g/mol. The second-order valence-electron chi connectivity index (χ2n) is 7.95. The van der Waals surface area contributed by atoms with E-state index in [9.17, 15) is 23.1 Å². The topological polar surface area (TPSA) is 53.0 Å². The molecule has 8 heteroatoms. The van der Waals surface area contributed by atoms with Crippen molar-refractivity contribution in [1.29, 1.82) is 0 Å². The largest absolute Gasteiger partial charge is 0.397 e. The first-order chi connectivity index (χ1) is 13.4. The maximum absolute atomic E-state index is 12.8. The van der Waals surface area contributed by atoms with E-state index in [2.05, 4.69) is 4.90 Å². The highest BCUT2D eigenvalue weighted by molar-refractivity contribution is 5.95. The predicted octanol–water partition coefficient (Wildman–Crippen LogP) is 2.54. The number of amides is 1. The van der Waals surface area contributed by atoms with Gasteiger partial charge in [-0.3, -0.25) is 9.69 Å². The van der Waals surface area contributed by atoms with Crippen LogP contribution in [0, 0.1) is 5.92 Å². The normalized spacial score (nSPS) is 28.4. The fourth-order valence-electron chi connectivity index (χ4n) is 4.97. The molecular weight excluding hydrogens is 373 g/mol. The number of anilines is 1. The Morgan fingerprint density at radius 2 is 1.93 bits per heavy atom. The van der Waals surface area contributed by atoms with Crippen molar-refractivity contribution >= 4 is 11.6 Å². The van der Waals surface area contributed by atoms with Gasteiger partial charge >= 0.3 is 6.18 Å². The van der Waals surface area contributed by atoms with Gasteiger partial charge < -0.3 is 14.7 Å². The van der Waals surface area contributed by atoms with Crippen LogP contribution < -0.4 is 4.90 Å². The Kier molecular flexibility index (Phi) is 5.37. The Labute approximate surface area is 162 Å². The summed E-state index contributed by atoms with van der Waals surface area (Å²) in [4.78, 5) is 15.9. The van der Waals surface area contributed by atoms with E-state index in [1.54, 1.807) is 12.1 Å². The third kappa shape index (κ3) is 3.65. The number of likely N-dealkylation sites (tertiary alicyclic amines) is 1. The zero-order valence-corrected chi connectivity index (χ0v) is 15.6. The van der Waals surface area contributed by atoms with Crippen LogP contribution in [0.3, 0.4) is 0 Å². The molecule has 4 rings (SSSR count). The van der Waals surface area contributed by atoms with E-state index < -0.39 is 18.5 Å². The fourth-order valence-corrected chi connectivity index (χ4v) is 4.97. The lowest BCUT2D eigenvalue weighted by Gasteiger charge is -2.60. The van der Waals surface area contributed by atoms with Crippen molar-refractivity contribution in [2.24, 2.45) is 5.92 Å². The summed E-state index contributed by atoms with van der Waals surface area (Å²) in [5.41, 5.74) is 1.40. The summed E-state index contributed by atoms with van der Waals surface area (Å²) in [6.45, 7) is 2.44. The number of nitrogens with zero attached hydrogens (tertiary/aromatic N) is 2. The Bertz CT molecular complexity index is 721. The molecule has 3 heterocycles. The number of aliphatic hydroxyl groups excluding tert-OH is 1. The van der Waals surface area contributed by atoms with Gasteiger partial charge in [0.1, 0.15) is 6.42 Å². The van der Waals surface area contributed by atoms with Gasteiger partial charge in [-0.15, -0.1) is 0 Å². The minimum atomic E-state index is -4.53. The van der Waals surface area contributed by atoms with Gasteiger partial charge in [0.15, 0.2) is 0 Å². The maximum atomic E-state index is 12.8. The molecule has 3 aliphatic heterocycles. The molecule has 2 saturated heterocycles. The molecule has 1 amide bonds. The molecule has 3 aliphatic rings. The number of rotatable bonds is 4. The fraction of sp³-hybridized carbons (Fsp3) is 0.650. The molecule has 1 aromatic rings. The maximum Gasteiger partial charge on any atom is 0.397 e. The van der Waals surface area contributed by atoms with E-state index in [0.717, 1.165) is 38.2 Å². The molecule has 0 unspecified atom stereocenters. The van der Waals surface area contributed by atoms with E-state index in [0.29, 0.717) is 11.6 Å². The minimum Gasteiger partial charge on any atom is -0.395 e. The van der Waals surface area contributed by atoms with Gasteiger partial charge in [-0.25, -0.2) is 0 Å². The lowest BCUT2D eigenvalue weighted by molar-refractivity contribution is -0.152. The van der Waals surface area contributed by atoms with Crippen LogP contribution in [-0.2, 0) is 9.53 Å². The predicted molar refractivity (Wildman–Crippen MR) is 97.1 cm³/mol. The van der Waals surface area contributed by atoms with Crippen LogP contribution in [-0.4, -0.2) is 67.1 Å². The summed E-state index contributed by atoms with van der Waals surface area (Å²) in [6, 6.07) is 7.02. The molecule has 28 heavy (non-hydrogen) atoms. The van der Waals surface area contributed by atoms with Crippen molar-refractivity contribution in [1.82, 2.24) is 4.90 Å². The molecule has 1 N–H and O–H groups in total. The summed E-state index contributed by atoms with van der Waals surface area (Å²) < 4.78 is 43.9. The number of aliphatic hydroxyl groups is 1. The first-order valence-electron chi connectivity index (χ1n) is 9.79. The van der Waals surface area contributed by atoms with E-state index >= 15 is 0 Å². The number of halogens is 3. The second kappa shape index (κ2) is 7.65. The van der Waals surface area contributed by atoms with Gasteiger partial charge in [0.05, 0.1) is 6.61 Å². The van der Waals surface area contributed by atoms with Crippen LogP contribution in [0.15, 0.2) is 24.3 Å². The number of carbonyl (C=O) groups excluding carboxylic acids is 1. The zero-order chi connectivity index (χ0) is 19.9. The number of alkyl halides is 3. The van der Waals surface area contributed by atoms with Crippen LogP contribution in [0.1, 0.15) is 30.7 Å². The first-order valence-corrected chi connectivity index (χ1v) is 9.79. The molecule has 0 aliphatic carbocycles. The van der Waals surface area contributed by atoms with Crippen molar-refractivity contribution < 1.29 is 27.8 Å². The summed E-state index contributed by atoms with van der Waals surface area (Å²) in [5.74, 6) is -0.437. The summed E-state index contributed by atoms with van der Waals surface area (Å²) >= 11 is 0. The third-order valence-corrected chi connectivity index (χ3v) is 6.29. The molecule has 0 aromatic heterocycles. The van der Waals surface area contributed by atoms with Crippen LogP contribution in [0.25, 0.3) is 0 Å². The summed E-state index contributed by atoms with van der Waals surface area (Å²) in [5, 5.41) is 9.98. The Morgan fingerprint density at radius 3 is 2.61 bits per heavy atom. The molecule has 1 aromatic carbocycles. The van der Waals surface area contributed by atoms with Crippen molar-refractivity contribution in [3.63, 3.8) is 0 Å². The lowest BCUT2D eigenvalue weighted by atomic mass is 9.71. The molecule has 0 bridgehead atoms. The number of fused-ring (bicyclic) bond motifs is 3. The van der Waals surface area contributed by atoms with Gasteiger partial charge in [-0.2, -0.15) is 13.2 Å². The minimum absolute atomic E-state index is 0.00474. The van der Waals surface area contributed by atoms with Crippen LogP contribution >= 0.6 is 0 Å². The smallest absolute Gasteiger partial charge is 0.395 e. The van der Waals surface area contributed by atoms with Crippen molar-refractivity contribution in [3.8, 4) is 0 Å². The molecule has 0 spiro atoms. The highest BCUT2D eigenvalue weighted by atomic mass is 19.4. The average Bonchev–Trinajstić information content (AvgIpc) is 2.65. The number of para-hydroxylation sites is 1. The van der Waals surface area contributed by atoms with E-state index in [-0.39, 0.29) is 31.2 Å². The van der Waals surface area contributed by atoms with E-state index in [1.165, 1.54) is 4.90 Å². The molecule has 2 fully saturated rings. The van der Waals surface area contributed by atoms with Crippen molar-refractivity contribution in [3.05, 3.63) is 29.8 Å². The summed E-state index contributed by atoms with van der Waals surface area (Å²) in [7, 11) is 0. The Hall–Kier alpha value is -1.64. The molecular formula is C20H25F3N2O3. The van der Waals surface area contributed by atoms with Gasteiger partial charge in [-0.05, 0) is 30.4 Å². The SMILES string of the molecule is O=C(CC(F)(F)F)N1C[C@@H]2[C@H](c3ccccc31)[C@H](CO)N2CC1CCOCC1. The number of benzene rings is 1.